The molecule has 3 aromatic carbocycles. The Morgan fingerprint density at radius 3 is 2.44 bits per heavy atom. The molecule has 2 atom stereocenters. The minimum absolute atomic E-state index is 0.0172. The molecule has 0 spiro atoms. The maximum atomic E-state index is 13.4. The molecule has 0 aromatic heterocycles. The van der Waals surface area contributed by atoms with Crippen LogP contribution in [0.4, 0.5) is 0 Å². The van der Waals surface area contributed by atoms with E-state index >= 15 is 0 Å². The van der Waals surface area contributed by atoms with Gasteiger partial charge in [-0.3, -0.25) is 9.59 Å². The molecule has 0 aliphatic carbocycles. The normalized spacial score (nSPS) is 12.7. The Bertz CT molecular complexity index is 1150. The van der Waals surface area contributed by atoms with Gasteiger partial charge in [0.05, 0.1) is 4.47 Å². The zero-order valence-electron chi connectivity index (χ0n) is 19.7. The van der Waals surface area contributed by atoms with Crippen molar-refractivity contribution in [2.24, 2.45) is 0 Å². The molecule has 0 saturated heterocycles. The highest BCUT2D eigenvalue weighted by molar-refractivity contribution is 9.10. The van der Waals surface area contributed by atoms with Crippen LogP contribution in [0.3, 0.4) is 0 Å². The molecule has 2 amide bonds. The third-order valence-electron chi connectivity index (χ3n) is 5.86. The van der Waals surface area contributed by atoms with Crippen LogP contribution in [-0.4, -0.2) is 35.4 Å². The van der Waals surface area contributed by atoms with Crippen molar-refractivity contribution in [3.05, 3.63) is 75.7 Å². The van der Waals surface area contributed by atoms with Crippen LogP contribution in [-0.2, 0) is 16.1 Å². The monoisotopic (exact) mass is 544 g/mol. The molecule has 3 rings (SSSR count). The lowest BCUT2D eigenvalue weighted by Gasteiger charge is -2.31. The summed E-state index contributed by atoms with van der Waals surface area (Å²) in [5.74, 6) is 0.108. The molecule has 1 N–H and O–H groups in total. The van der Waals surface area contributed by atoms with Gasteiger partial charge in [0.25, 0.3) is 5.91 Å². The Morgan fingerprint density at radius 1 is 1.03 bits per heavy atom. The van der Waals surface area contributed by atoms with Crippen molar-refractivity contribution in [2.75, 3.05) is 6.61 Å². The van der Waals surface area contributed by atoms with Gasteiger partial charge in [0, 0.05) is 17.6 Å². The first-order valence-corrected chi connectivity index (χ1v) is 12.7. The molecule has 0 radical (unpaired) electrons. The van der Waals surface area contributed by atoms with Crippen LogP contribution in [0, 0.1) is 0 Å². The molecule has 0 saturated carbocycles. The summed E-state index contributed by atoms with van der Waals surface area (Å²) in [6.45, 7) is 5.87. The van der Waals surface area contributed by atoms with Crippen molar-refractivity contribution < 1.29 is 14.3 Å². The Kier molecular flexibility index (Phi) is 9.36. The van der Waals surface area contributed by atoms with Crippen molar-refractivity contribution >= 4 is 50.1 Å². The van der Waals surface area contributed by atoms with E-state index in [1.807, 2.05) is 75.4 Å². The zero-order valence-corrected chi connectivity index (χ0v) is 22.0. The predicted octanol–water partition coefficient (Wildman–Crippen LogP) is 6.36. The van der Waals surface area contributed by atoms with Crippen LogP contribution in [0.25, 0.3) is 10.8 Å². The molecule has 0 aliphatic heterocycles. The van der Waals surface area contributed by atoms with E-state index in [1.54, 1.807) is 11.0 Å². The number of ether oxygens (including phenoxy) is 1. The molecule has 0 unspecified atom stereocenters. The Balaban J connectivity index is 1.84. The Morgan fingerprint density at radius 2 is 1.74 bits per heavy atom. The first kappa shape index (κ1) is 26.0. The number of benzene rings is 3. The highest BCUT2D eigenvalue weighted by Crippen LogP contribution is 2.33. The van der Waals surface area contributed by atoms with Gasteiger partial charge in [0.2, 0.25) is 5.91 Å². The summed E-state index contributed by atoms with van der Waals surface area (Å²) in [6, 6.07) is 18.5. The topological polar surface area (TPSA) is 58.6 Å². The van der Waals surface area contributed by atoms with Crippen LogP contribution in [0.5, 0.6) is 5.75 Å². The SMILES string of the molecule is CC[C@@H](C)NC(=O)[C@H](CC)N(Cc1ccccc1Cl)C(=O)COc1ccc2ccccc2c1Br. The second kappa shape index (κ2) is 12.2. The van der Waals surface area contributed by atoms with Crippen molar-refractivity contribution in [3.63, 3.8) is 0 Å². The van der Waals surface area contributed by atoms with E-state index in [2.05, 4.69) is 21.2 Å². The number of hydrogen-bond donors (Lipinski definition) is 1. The van der Waals surface area contributed by atoms with E-state index in [4.69, 9.17) is 16.3 Å². The molecule has 5 nitrogen and oxygen atoms in total. The van der Waals surface area contributed by atoms with Crippen molar-refractivity contribution in [1.29, 1.82) is 0 Å². The van der Waals surface area contributed by atoms with E-state index in [0.29, 0.717) is 17.2 Å². The largest absolute Gasteiger partial charge is 0.483 e. The fourth-order valence-corrected chi connectivity index (χ4v) is 4.52. The van der Waals surface area contributed by atoms with Crippen LogP contribution in [0.15, 0.2) is 65.1 Å². The summed E-state index contributed by atoms with van der Waals surface area (Å²) >= 11 is 9.98. The minimum atomic E-state index is -0.638. The van der Waals surface area contributed by atoms with Crippen molar-refractivity contribution in [1.82, 2.24) is 10.2 Å². The molecular formula is C27H30BrClN2O3. The van der Waals surface area contributed by atoms with Gasteiger partial charge >= 0.3 is 0 Å². The first-order valence-electron chi connectivity index (χ1n) is 11.5. The summed E-state index contributed by atoms with van der Waals surface area (Å²) < 4.78 is 6.72. The zero-order chi connectivity index (χ0) is 24.7. The number of nitrogens with zero attached hydrogens (tertiary/aromatic N) is 1. The van der Waals surface area contributed by atoms with Crippen LogP contribution < -0.4 is 10.1 Å². The molecule has 0 fully saturated rings. The average molecular weight is 546 g/mol. The third kappa shape index (κ3) is 6.30. The second-order valence-electron chi connectivity index (χ2n) is 8.24. The smallest absolute Gasteiger partial charge is 0.261 e. The Labute approximate surface area is 214 Å². The quantitative estimate of drug-likeness (QED) is 0.323. The van der Waals surface area contributed by atoms with Crippen LogP contribution in [0.2, 0.25) is 5.02 Å². The van der Waals surface area contributed by atoms with Gasteiger partial charge in [0.1, 0.15) is 11.8 Å². The number of amides is 2. The fraction of sp³-hybridized carbons (Fsp3) is 0.333. The van der Waals surface area contributed by atoms with E-state index in [9.17, 15) is 9.59 Å². The lowest BCUT2D eigenvalue weighted by atomic mass is 10.1. The predicted molar refractivity (Wildman–Crippen MR) is 141 cm³/mol. The number of carbonyl (C=O) groups excluding carboxylic acids is 2. The maximum absolute atomic E-state index is 13.4. The van der Waals surface area contributed by atoms with Crippen molar-refractivity contribution in [3.8, 4) is 5.75 Å². The van der Waals surface area contributed by atoms with E-state index < -0.39 is 6.04 Å². The molecule has 34 heavy (non-hydrogen) atoms. The molecule has 0 bridgehead atoms. The summed E-state index contributed by atoms with van der Waals surface area (Å²) in [4.78, 5) is 28.0. The molecule has 0 aliphatic rings. The van der Waals surface area contributed by atoms with Gasteiger partial charge in [-0.1, -0.05) is 74.0 Å². The number of fused-ring (bicyclic) bond motifs is 1. The standard InChI is InChI=1S/C27H30BrClN2O3/c1-4-18(3)30-27(33)23(5-2)31(16-20-11-7-9-13-22(20)29)25(32)17-34-24-15-14-19-10-6-8-12-21(19)26(24)28/h6-15,18,23H,4-5,16-17H2,1-3H3,(H,30,33)/t18-,23+/m1/s1. The molecular weight excluding hydrogens is 516 g/mol. The van der Waals surface area contributed by atoms with Gasteiger partial charge in [-0.15, -0.1) is 0 Å². The number of halogens is 2. The number of rotatable bonds is 10. The second-order valence-corrected chi connectivity index (χ2v) is 9.44. The van der Waals surface area contributed by atoms with E-state index in [1.165, 1.54) is 0 Å². The number of hydrogen-bond acceptors (Lipinski definition) is 3. The molecule has 0 heterocycles. The van der Waals surface area contributed by atoms with Crippen LogP contribution in [0.1, 0.15) is 39.2 Å². The molecule has 180 valence electrons. The van der Waals surface area contributed by atoms with Gasteiger partial charge in [0.15, 0.2) is 6.61 Å². The lowest BCUT2D eigenvalue weighted by molar-refractivity contribution is -0.143. The highest BCUT2D eigenvalue weighted by Gasteiger charge is 2.30. The molecule has 3 aromatic rings. The van der Waals surface area contributed by atoms with E-state index in [0.717, 1.165) is 27.2 Å². The molecule has 7 heteroatoms. The average Bonchev–Trinajstić information content (AvgIpc) is 2.84. The minimum Gasteiger partial charge on any atom is -0.483 e. The van der Waals surface area contributed by atoms with Gasteiger partial charge in [-0.2, -0.15) is 0 Å². The highest BCUT2D eigenvalue weighted by atomic mass is 79.9. The summed E-state index contributed by atoms with van der Waals surface area (Å²) in [5.41, 5.74) is 0.777. The van der Waals surface area contributed by atoms with Gasteiger partial charge in [-0.25, -0.2) is 0 Å². The summed E-state index contributed by atoms with van der Waals surface area (Å²) in [6.07, 6.45) is 1.28. The summed E-state index contributed by atoms with van der Waals surface area (Å²) in [7, 11) is 0. The van der Waals surface area contributed by atoms with Gasteiger partial charge in [-0.05, 0) is 64.2 Å². The van der Waals surface area contributed by atoms with Gasteiger partial charge < -0.3 is 15.0 Å². The van der Waals surface area contributed by atoms with E-state index in [-0.39, 0.29) is 31.0 Å². The first-order chi connectivity index (χ1) is 16.3. The lowest BCUT2D eigenvalue weighted by Crippen LogP contribution is -2.51. The third-order valence-corrected chi connectivity index (χ3v) is 7.05. The van der Waals surface area contributed by atoms with Crippen molar-refractivity contribution in [2.45, 2.75) is 52.2 Å². The maximum Gasteiger partial charge on any atom is 0.261 e. The number of carbonyl (C=O) groups is 2. The Hall–Kier alpha value is -2.57. The van der Waals surface area contributed by atoms with Crippen LogP contribution >= 0.6 is 27.5 Å². The number of nitrogens with one attached hydrogen (secondary N) is 1. The summed E-state index contributed by atoms with van der Waals surface area (Å²) in [5, 5.41) is 5.63. The fourth-order valence-electron chi connectivity index (χ4n) is 3.72.